The van der Waals surface area contributed by atoms with Crippen molar-refractivity contribution < 1.29 is 4.79 Å². The summed E-state index contributed by atoms with van der Waals surface area (Å²) < 4.78 is 0. The van der Waals surface area contributed by atoms with E-state index in [2.05, 4.69) is 17.2 Å². The third-order valence-corrected chi connectivity index (χ3v) is 4.20. The summed E-state index contributed by atoms with van der Waals surface area (Å²) in [6.07, 6.45) is 2.58. The first-order valence-corrected chi connectivity index (χ1v) is 7.71. The smallest absolute Gasteiger partial charge is 0.224 e. The number of fused-ring (bicyclic) bond motifs is 1. The molecule has 114 valence electrons. The van der Waals surface area contributed by atoms with E-state index in [1.807, 2.05) is 41.3 Å². The van der Waals surface area contributed by atoms with Crippen LogP contribution in [0.2, 0.25) is 5.02 Å². The van der Waals surface area contributed by atoms with Crippen LogP contribution in [-0.2, 0) is 4.79 Å². The Hall–Kier alpha value is -2.07. The van der Waals surface area contributed by atoms with Crippen molar-refractivity contribution in [3.8, 4) is 0 Å². The number of carbonyl (C=O) groups is 1. The molecule has 1 aliphatic rings. The zero-order valence-electron chi connectivity index (χ0n) is 12.6. The molecular formula is C17H18ClN3O. The lowest BCUT2D eigenvalue weighted by molar-refractivity contribution is -0.117. The molecule has 0 radical (unpaired) electrons. The maximum atomic E-state index is 11.9. The number of carbonyl (C=O) groups excluding carboxylic acids is 1. The molecule has 0 saturated heterocycles. The van der Waals surface area contributed by atoms with Crippen molar-refractivity contribution in [2.45, 2.75) is 32.4 Å². The van der Waals surface area contributed by atoms with Gasteiger partial charge in [-0.3, -0.25) is 9.78 Å². The lowest BCUT2D eigenvalue weighted by Crippen LogP contribution is -2.43. The van der Waals surface area contributed by atoms with E-state index in [9.17, 15) is 4.79 Å². The number of hydrogen-bond acceptors (Lipinski definition) is 3. The van der Waals surface area contributed by atoms with Gasteiger partial charge in [-0.15, -0.1) is 0 Å². The molecule has 1 aliphatic heterocycles. The first kappa shape index (κ1) is 14.9. The fourth-order valence-electron chi connectivity index (χ4n) is 3.03. The molecule has 1 aromatic carbocycles. The first-order chi connectivity index (χ1) is 10.6. The number of halogens is 1. The molecule has 1 N–H and O–H groups in total. The van der Waals surface area contributed by atoms with E-state index in [1.165, 1.54) is 0 Å². The van der Waals surface area contributed by atoms with Crippen molar-refractivity contribution in [1.82, 2.24) is 4.98 Å². The van der Waals surface area contributed by atoms with Crippen molar-refractivity contribution in [2.75, 3.05) is 10.2 Å². The summed E-state index contributed by atoms with van der Waals surface area (Å²) in [4.78, 5) is 18.3. The average molecular weight is 316 g/mol. The number of anilines is 2. The topological polar surface area (TPSA) is 45.2 Å². The second-order valence-corrected chi connectivity index (χ2v) is 6.02. The summed E-state index contributed by atoms with van der Waals surface area (Å²) in [5.74, 6) is 0.0479. The third kappa shape index (κ3) is 2.79. The number of nitrogens with one attached hydrogen (secondary N) is 1. The van der Waals surface area contributed by atoms with E-state index in [-0.39, 0.29) is 18.0 Å². The number of aromatic nitrogens is 1. The average Bonchev–Trinajstić information content (AvgIpc) is 2.49. The highest BCUT2D eigenvalue weighted by molar-refractivity contribution is 6.30. The van der Waals surface area contributed by atoms with Gasteiger partial charge < -0.3 is 10.2 Å². The number of pyridine rings is 1. The van der Waals surface area contributed by atoms with E-state index >= 15 is 0 Å². The molecule has 0 unspecified atom stereocenters. The minimum atomic E-state index is 0.0479. The number of rotatable bonds is 2. The summed E-state index contributed by atoms with van der Waals surface area (Å²) >= 11 is 5.93. The minimum absolute atomic E-state index is 0.0479. The molecule has 5 heteroatoms. The Morgan fingerprint density at radius 1 is 1.32 bits per heavy atom. The van der Waals surface area contributed by atoms with E-state index in [1.54, 1.807) is 13.1 Å². The zero-order valence-corrected chi connectivity index (χ0v) is 13.3. The Kier molecular flexibility index (Phi) is 4.03. The van der Waals surface area contributed by atoms with Crippen LogP contribution < -0.4 is 10.2 Å². The van der Waals surface area contributed by atoms with Gasteiger partial charge >= 0.3 is 0 Å². The fraction of sp³-hybridized carbons (Fsp3) is 0.294. The monoisotopic (exact) mass is 315 g/mol. The Morgan fingerprint density at radius 3 is 2.73 bits per heavy atom. The molecule has 2 aromatic rings. The van der Waals surface area contributed by atoms with Crippen LogP contribution >= 0.6 is 11.6 Å². The minimum Gasteiger partial charge on any atom is -0.376 e. The number of nitrogens with zero attached hydrogens (tertiary/aromatic N) is 2. The molecule has 0 fully saturated rings. The second kappa shape index (κ2) is 5.97. The van der Waals surface area contributed by atoms with Crippen LogP contribution in [0.5, 0.6) is 0 Å². The molecular weight excluding hydrogens is 298 g/mol. The molecule has 2 atom stereocenters. The SMILES string of the molecule is CC(=O)N1c2cccnc2[C@H](Nc2ccc(Cl)cc2)C[C@@H]1C. The van der Waals surface area contributed by atoms with Gasteiger partial charge in [-0.05, 0) is 49.7 Å². The molecule has 1 amide bonds. The molecule has 3 rings (SSSR count). The van der Waals surface area contributed by atoms with Gasteiger partial charge in [0.05, 0.1) is 17.4 Å². The molecule has 0 bridgehead atoms. The maximum absolute atomic E-state index is 11.9. The normalized spacial score (nSPS) is 20.4. The molecule has 2 heterocycles. The van der Waals surface area contributed by atoms with Crippen LogP contribution in [0, 0.1) is 0 Å². The standard InChI is InChI=1S/C17H18ClN3O/c1-11-10-15(20-14-7-5-13(18)6-8-14)17-16(4-3-9-19-17)21(11)12(2)22/h3-9,11,15,20H,10H2,1-2H3/t11-,15+/m0/s1. The van der Waals surface area contributed by atoms with Crippen molar-refractivity contribution in [3.05, 3.63) is 53.3 Å². The molecule has 0 aliphatic carbocycles. The van der Waals surface area contributed by atoms with Crippen LogP contribution in [-0.4, -0.2) is 16.9 Å². The van der Waals surface area contributed by atoms with Gasteiger partial charge in [-0.1, -0.05) is 11.6 Å². The van der Waals surface area contributed by atoms with Crippen LogP contribution in [0.4, 0.5) is 11.4 Å². The van der Waals surface area contributed by atoms with Crippen molar-refractivity contribution in [1.29, 1.82) is 0 Å². The highest BCUT2D eigenvalue weighted by Crippen LogP contribution is 2.37. The summed E-state index contributed by atoms with van der Waals surface area (Å²) in [6.45, 7) is 3.66. The number of benzene rings is 1. The molecule has 0 spiro atoms. The van der Waals surface area contributed by atoms with Gasteiger partial charge in [0.15, 0.2) is 0 Å². The summed E-state index contributed by atoms with van der Waals surface area (Å²) in [5, 5.41) is 4.21. The maximum Gasteiger partial charge on any atom is 0.224 e. The highest BCUT2D eigenvalue weighted by Gasteiger charge is 2.33. The van der Waals surface area contributed by atoms with Crippen LogP contribution in [0.25, 0.3) is 0 Å². The second-order valence-electron chi connectivity index (χ2n) is 5.59. The van der Waals surface area contributed by atoms with Crippen molar-refractivity contribution in [3.63, 3.8) is 0 Å². The molecule has 1 aromatic heterocycles. The van der Waals surface area contributed by atoms with Crippen LogP contribution in [0.3, 0.4) is 0 Å². The van der Waals surface area contributed by atoms with Gasteiger partial charge in [0.1, 0.15) is 0 Å². The van der Waals surface area contributed by atoms with E-state index in [4.69, 9.17) is 11.6 Å². The quantitative estimate of drug-likeness (QED) is 0.910. The molecule has 0 saturated carbocycles. The van der Waals surface area contributed by atoms with Crippen molar-refractivity contribution in [2.24, 2.45) is 0 Å². The largest absolute Gasteiger partial charge is 0.376 e. The van der Waals surface area contributed by atoms with Crippen LogP contribution in [0.1, 0.15) is 32.0 Å². The number of amides is 1. The lowest BCUT2D eigenvalue weighted by atomic mass is 9.95. The highest BCUT2D eigenvalue weighted by atomic mass is 35.5. The third-order valence-electron chi connectivity index (χ3n) is 3.95. The Labute approximate surface area is 135 Å². The van der Waals surface area contributed by atoms with E-state index in [0.717, 1.165) is 23.5 Å². The number of hydrogen-bond donors (Lipinski definition) is 1. The predicted octanol–water partition coefficient (Wildman–Crippen LogP) is 4.03. The fourth-order valence-corrected chi connectivity index (χ4v) is 3.16. The Morgan fingerprint density at radius 2 is 2.05 bits per heavy atom. The van der Waals surface area contributed by atoms with Gasteiger partial charge in [-0.25, -0.2) is 0 Å². The van der Waals surface area contributed by atoms with E-state index in [0.29, 0.717) is 5.02 Å². The molecule has 4 nitrogen and oxygen atoms in total. The summed E-state index contributed by atoms with van der Waals surface area (Å²) in [7, 11) is 0. The zero-order chi connectivity index (χ0) is 15.7. The van der Waals surface area contributed by atoms with Gasteiger partial charge in [0.2, 0.25) is 5.91 Å². The van der Waals surface area contributed by atoms with Crippen molar-refractivity contribution >= 4 is 28.9 Å². The van der Waals surface area contributed by atoms with E-state index < -0.39 is 0 Å². The summed E-state index contributed by atoms with van der Waals surface area (Å²) in [5.41, 5.74) is 2.79. The van der Waals surface area contributed by atoms with Crippen LogP contribution in [0.15, 0.2) is 42.6 Å². The predicted molar refractivity (Wildman–Crippen MR) is 89.3 cm³/mol. The van der Waals surface area contributed by atoms with Gasteiger partial charge in [0.25, 0.3) is 0 Å². The van der Waals surface area contributed by atoms with Gasteiger partial charge in [-0.2, -0.15) is 0 Å². The van der Waals surface area contributed by atoms with Gasteiger partial charge in [0, 0.05) is 29.9 Å². The molecule has 22 heavy (non-hydrogen) atoms. The Balaban J connectivity index is 1.94. The Bertz CT molecular complexity index is 687. The summed E-state index contributed by atoms with van der Waals surface area (Å²) in [6, 6.07) is 11.6. The lowest BCUT2D eigenvalue weighted by Gasteiger charge is -2.38. The first-order valence-electron chi connectivity index (χ1n) is 7.33.